The molecule has 0 spiro atoms. The topological polar surface area (TPSA) is 38.3 Å². The van der Waals surface area contributed by atoms with Gasteiger partial charge in [0.25, 0.3) is 0 Å². The molecule has 1 atom stereocenters. The van der Waals surface area contributed by atoms with Gasteiger partial charge in [0.2, 0.25) is 5.91 Å². The van der Waals surface area contributed by atoms with E-state index >= 15 is 0 Å². The highest BCUT2D eigenvalue weighted by atomic mass is 16.5. The summed E-state index contributed by atoms with van der Waals surface area (Å²) in [5, 5.41) is 3.06. The minimum Gasteiger partial charge on any atom is -0.494 e. The second kappa shape index (κ2) is 10.3. The van der Waals surface area contributed by atoms with Crippen molar-refractivity contribution in [1.29, 1.82) is 0 Å². The first kappa shape index (κ1) is 17.5. The van der Waals surface area contributed by atoms with Crippen LogP contribution in [0.15, 0.2) is 24.3 Å². The molecule has 1 aromatic carbocycles. The van der Waals surface area contributed by atoms with Gasteiger partial charge < -0.3 is 10.1 Å². The fourth-order valence-corrected chi connectivity index (χ4v) is 2.32. The number of ether oxygens (including phenoxy) is 1. The third kappa shape index (κ3) is 7.16. The summed E-state index contributed by atoms with van der Waals surface area (Å²) in [7, 11) is 0. The number of carbonyl (C=O) groups excluding carboxylic acids is 1. The Balaban J connectivity index is 2.35. The molecule has 3 nitrogen and oxygen atoms in total. The molecule has 1 unspecified atom stereocenters. The number of rotatable bonds is 10. The Morgan fingerprint density at radius 2 is 1.90 bits per heavy atom. The van der Waals surface area contributed by atoms with Crippen LogP contribution >= 0.6 is 0 Å². The Kier molecular flexibility index (Phi) is 8.56. The van der Waals surface area contributed by atoms with Gasteiger partial charge in [0.15, 0.2) is 0 Å². The van der Waals surface area contributed by atoms with Crippen LogP contribution < -0.4 is 10.1 Å². The van der Waals surface area contributed by atoms with Gasteiger partial charge in [-0.05, 0) is 37.0 Å². The Labute approximate surface area is 129 Å². The van der Waals surface area contributed by atoms with Crippen LogP contribution in [0.5, 0.6) is 5.75 Å². The van der Waals surface area contributed by atoms with Crippen molar-refractivity contribution in [2.24, 2.45) is 5.92 Å². The molecule has 0 saturated heterocycles. The average molecular weight is 291 g/mol. The number of unbranched alkanes of at least 4 members (excludes halogenated alkanes) is 1. The maximum absolute atomic E-state index is 12.0. The van der Waals surface area contributed by atoms with Crippen LogP contribution in [0.1, 0.15) is 52.0 Å². The summed E-state index contributed by atoms with van der Waals surface area (Å²) in [6.45, 7) is 7.82. The number of carbonyl (C=O) groups is 1. The molecular formula is C18H29NO2. The lowest BCUT2D eigenvalue weighted by atomic mass is 9.99. The van der Waals surface area contributed by atoms with E-state index in [0.29, 0.717) is 18.9 Å². The predicted molar refractivity (Wildman–Crippen MR) is 87.6 cm³/mol. The second-order valence-corrected chi connectivity index (χ2v) is 5.47. The van der Waals surface area contributed by atoms with E-state index < -0.39 is 0 Å². The normalized spacial score (nSPS) is 12.0. The van der Waals surface area contributed by atoms with Gasteiger partial charge in [-0.2, -0.15) is 0 Å². The average Bonchev–Trinajstić information content (AvgIpc) is 2.50. The van der Waals surface area contributed by atoms with Crippen molar-refractivity contribution in [1.82, 2.24) is 5.32 Å². The number of amides is 1. The van der Waals surface area contributed by atoms with Crippen molar-refractivity contribution in [3.05, 3.63) is 29.8 Å². The van der Waals surface area contributed by atoms with Crippen LogP contribution in [0.25, 0.3) is 0 Å². The van der Waals surface area contributed by atoms with Gasteiger partial charge in [-0.1, -0.05) is 45.2 Å². The molecule has 0 heterocycles. The molecular weight excluding hydrogens is 262 g/mol. The second-order valence-electron chi connectivity index (χ2n) is 5.47. The lowest BCUT2D eigenvalue weighted by Crippen LogP contribution is -2.30. The minimum atomic E-state index is 0.106. The first-order valence-electron chi connectivity index (χ1n) is 8.18. The highest BCUT2D eigenvalue weighted by Gasteiger charge is 2.09. The fraction of sp³-hybridized carbons (Fsp3) is 0.611. The molecule has 1 amide bonds. The van der Waals surface area contributed by atoms with Crippen LogP contribution in [0.4, 0.5) is 0 Å². The van der Waals surface area contributed by atoms with Crippen LogP contribution in [0.3, 0.4) is 0 Å². The van der Waals surface area contributed by atoms with Crippen molar-refractivity contribution in [3.63, 3.8) is 0 Å². The van der Waals surface area contributed by atoms with Crippen LogP contribution in [-0.2, 0) is 11.2 Å². The van der Waals surface area contributed by atoms with E-state index in [4.69, 9.17) is 4.74 Å². The Hall–Kier alpha value is -1.51. The van der Waals surface area contributed by atoms with Gasteiger partial charge in [0.05, 0.1) is 13.0 Å². The van der Waals surface area contributed by atoms with Gasteiger partial charge in [-0.3, -0.25) is 4.79 Å². The largest absolute Gasteiger partial charge is 0.494 e. The van der Waals surface area contributed by atoms with Crippen LogP contribution in [0, 0.1) is 5.92 Å². The molecule has 0 bridgehead atoms. The standard InChI is InChI=1S/C18H29NO2/c1-4-7-8-15(5-2)14-19-18(20)13-16-9-11-17(12-10-16)21-6-3/h9-12,15H,4-8,13-14H2,1-3H3,(H,19,20). The number of benzene rings is 1. The van der Waals surface area contributed by atoms with Crippen LogP contribution in [-0.4, -0.2) is 19.1 Å². The SMILES string of the molecule is CCCCC(CC)CNC(=O)Cc1ccc(OCC)cc1. The third-order valence-electron chi connectivity index (χ3n) is 3.73. The summed E-state index contributed by atoms with van der Waals surface area (Å²) in [4.78, 5) is 12.0. The Morgan fingerprint density at radius 3 is 2.48 bits per heavy atom. The number of hydrogen-bond donors (Lipinski definition) is 1. The number of hydrogen-bond acceptors (Lipinski definition) is 2. The lowest BCUT2D eigenvalue weighted by molar-refractivity contribution is -0.120. The zero-order valence-electron chi connectivity index (χ0n) is 13.7. The molecule has 21 heavy (non-hydrogen) atoms. The molecule has 3 heteroatoms. The highest BCUT2D eigenvalue weighted by molar-refractivity contribution is 5.78. The molecule has 1 N–H and O–H groups in total. The summed E-state index contributed by atoms with van der Waals surface area (Å²) in [6.07, 6.45) is 5.24. The van der Waals surface area contributed by atoms with E-state index in [2.05, 4.69) is 19.2 Å². The van der Waals surface area contributed by atoms with E-state index in [1.54, 1.807) is 0 Å². The summed E-state index contributed by atoms with van der Waals surface area (Å²) in [5.41, 5.74) is 1.03. The summed E-state index contributed by atoms with van der Waals surface area (Å²) in [6, 6.07) is 7.75. The fourth-order valence-electron chi connectivity index (χ4n) is 2.32. The third-order valence-corrected chi connectivity index (χ3v) is 3.73. The first-order valence-corrected chi connectivity index (χ1v) is 8.18. The van der Waals surface area contributed by atoms with Gasteiger partial charge >= 0.3 is 0 Å². The van der Waals surface area contributed by atoms with E-state index in [-0.39, 0.29) is 5.91 Å². The van der Waals surface area contributed by atoms with Crippen molar-refractivity contribution >= 4 is 5.91 Å². The summed E-state index contributed by atoms with van der Waals surface area (Å²) >= 11 is 0. The van der Waals surface area contributed by atoms with E-state index in [9.17, 15) is 4.79 Å². The van der Waals surface area contributed by atoms with Crippen LogP contribution in [0.2, 0.25) is 0 Å². The first-order chi connectivity index (χ1) is 10.2. The predicted octanol–water partition coefficient (Wildman–Crippen LogP) is 3.96. The summed E-state index contributed by atoms with van der Waals surface area (Å²) in [5.74, 6) is 1.57. The van der Waals surface area contributed by atoms with Gasteiger partial charge in [0, 0.05) is 6.54 Å². The van der Waals surface area contributed by atoms with Gasteiger partial charge in [0.1, 0.15) is 5.75 Å². The van der Waals surface area contributed by atoms with Crippen molar-refractivity contribution in [2.75, 3.05) is 13.2 Å². The van der Waals surface area contributed by atoms with E-state index in [0.717, 1.165) is 24.3 Å². The quantitative estimate of drug-likeness (QED) is 0.708. The van der Waals surface area contributed by atoms with Crippen molar-refractivity contribution in [2.45, 2.75) is 52.9 Å². The molecule has 1 aromatic rings. The molecule has 118 valence electrons. The molecule has 0 fully saturated rings. The maximum Gasteiger partial charge on any atom is 0.224 e. The molecule has 0 radical (unpaired) electrons. The van der Waals surface area contributed by atoms with E-state index in [1.807, 2.05) is 31.2 Å². The summed E-state index contributed by atoms with van der Waals surface area (Å²) < 4.78 is 5.40. The monoisotopic (exact) mass is 291 g/mol. The molecule has 0 saturated carbocycles. The smallest absolute Gasteiger partial charge is 0.224 e. The lowest BCUT2D eigenvalue weighted by Gasteiger charge is -2.15. The minimum absolute atomic E-state index is 0.106. The highest BCUT2D eigenvalue weighted by Crippen LogP contribution is 2.13. The molecule has 0 aromatic heterocycles. The molecule has 0 aliphatic heterocycles. The van der Waals surface area contributed by atoms with Crippen molar-refractivity contribution in [3.8, 4) is 5.75 Å². The number of nitrogens with one attached hydrogen (secondary N) is 1. The zero-order valence-corrected chi connectivity index (χ0v) is 13.7. The Morgan fingerprint density at radius 1 is 1.19 bits per heavy atom. The van der Waals surface area contributed by atoms with E-state index in [1.165, 1.54) is 19.3 Å². The van der Waals surface area contributed by atoms with Crippen molar-refractivity contribution < 1.29 is 9.53 Å². The maximum atomic E-state index is 12.0. The van der Waals surface area contributed by atoms with Gasteiger partial charge in [-0.15, -0.1) is 0 Å². The molecule has 1 rings (SSSR count). The molecule has 0 aliphatic rings. The Bertz CT molecular complexity index is 400. The van der Waals surface area contributed by atoms with Gasteiger partial charge in [-0.25, -0.2) is 0 Å². The zero-order chi connectivity index (χ0) is 15.5. The molecule has 0 aliphatic carbocycles.